The van der Waals surface area contributed by atoms with Gasteiger partial charge in [-0.2, -0.15) is 0 Å². The molecule has 0 aliphatic carbocycles. The molecule has 96 valence electrons. The molecule has 18 heavy (non-hydrogen) atoms. The van der Waals surface area contributed by atoms with Gasteiger partial charge in [0.25, 0.3) is 5.91 Å². The smallest absolute Gasteiger partial charge is 0.252 e. The maximum Gasteiger partial charge on any atom is 0.252 e. The summed E-state index contributed by atoms with van der Waals surface area (Å²) in [7, 11) is 0. The molecule has 0 aliphatic rings. The third-order valence-electron chi connectivity index (χ3n) is 2.20. The van der Waals surface area contributed by atoms with Crippen LogP contribution in [-0.4, -0.2) is 24.2 Å². The lowest BCUT2D eigenvalue weighted by atomic mass is 10.1. The van der Waals surface area contributed by atoms with E-state index in [-0.39, 0.29) is 18.1 Å². The lowest BCUT2D eigenvalue weighted by Gasteiger charge is -2.09. The first-order chi connectivity index (χ1) is 8.54. The predicted molar refractivity (Wildman–Crippen MR) is 67.5 cm³/mol. The molecule has 0 heterocycles. The zero-order valence-corrected chi connectivity index (χ0v) is 10.5. The molecule has 0 saturated heterocycles. The van der Waals surface area contributed by atoms with Crippen molar-refractivity contribution in [3.8, 4) is 11.8 Å². The third-order valence-corrected chi connectivity index (χ3v) is 2.20. The van der Waals surface area contributed by atoms with Gasteiger partial charge in [-0.25, -0.2) is 4.39 Å². The van der Waals surface area contributed by atoms with Crippen LogP contribution in [0.3, 0.4) is 0 Å². The Morgan fingerprint density at radius 2 is 2.22 bits per heavy atom. The van der Waals surface area contributed by atoms with Gasteiger partial charge in [0.2, 0.25) is 0 Å². The molecule has 0 atom stereocenters. The first-order valence-corrected chi connectivity index (χ1v) is 5.72. The van der Waals surface area contributed by atoms with Crippen LogP contribution in [0.2, 0.25) is 0 Å². The van der Waals surface area contributed by atoms with Crippen molar-refractivity contribution in [1.29, 1.82) is 0 Å². The fourth-order valence-corrected chi connectivity index (χ4v) is 1.34. The molecule has 0 unspecified atom stereocenters. The van der Waals surface area contributed by atoms with E-state index < -0.39 is 5.82 Å². The average molecular weight is 249 g/mol. The topological polar surface area (TPSA) is 49.3 Å². The van der Waals surface area contributed by atoms with E-state index in [0.717, 1.165) is 6.07 Å². The summed E-state index contributed by atoms with van der Waals surface area (Å²) in [6.07, 6.45) is 0. The Hall–Kier alpha value is -1.86. The second-order valence-electron chi connectivity index (χ2n) is 4.25. The van der Waals surface area contributed by atoms with E-state index >= 15 is 0 Å². The Balaban J connectivity index is 2.97. The average Bonchev–Trinajstić information content (AvgIpc) is 2.34. The Bertz CT molecular complexity index is 486. The van der Waals surface area contributed by atoms with Crippen LogP contribution < -0.4 is 5.32 Å². The minimum atomic E-state index is -0.487. The van der Waals surface area contributed by atoms with Crippen molar-refractivity contribution in [1.82, 2.24) is 5.32 Å². The number of hydrogen-bond donors (Lipinski definition) is 2. The number of hydrogen-bond acceptors (Lipinski definition) is 2. The lowest BCUT2D eigenvalue weighted by Crippen LogP contribution is -2.28. The summed E-state index contributed by atoms with van der Waals surface area (Å²) in [6.45, 7) is 4.16. The predicted octanol–water partition coefficient (Wildman–Crippen LogP) is 1.56. The van der Waals surface area contributed by atoms with E-state index in [9.17, 15) is 9.18 Å². The van der Waals surface area contributed by atoms with Gasteiger partial charge in [-0.15, -0.1) is 0 Å². The number of nitrogens with one attached hydrogen (secondary N) is 1. The maximum atomic E-state index is 13.2. The van der Waals surface area contributed by atoms with Crippen molar-refractivity contribution in [3.05, 3.63) is 35.1 Å². The maximum absolute atomic E-state index is 13.2. The van der Waals surface area contributed by atoms with Crippen LogP contribution in [-0.2, 0) is 0 Å². The highest BCUT2D eigenvalue weighted by molar-refractivity contribution is 5.96. The summed E-state index contributed by atoms with van der Waals surface area (Å²) >= 11 is 0. The summed E-state index contributed by atoms with van der Waals surface area (Å²) in [5.41, 5.74) is 0.600. The second-order valence-corrected chi connectivity index (χ2v) is 4.25. The first kappa shape index (κ1) is 14.2. The third kappa shape index (κ3) is 4.19. The zero-order chi connectivity index (χ0) is 13.5. The number of carbonyl (C=O) groups is 1. The van der Waals surface area contributed by atoms with Crippen LogP contribution in [0.5, 0.6) is 0 Å². The van der Waals surface area contributed by atoms with E-state index in [4.69, 9.17) is 5.11 Å². The number of carbonyl (C=O) groups excluding carboxylic acids is 1. The van der Waals surface area contributed by atoms with Crippen molar-refractivity contribution < 1.29 is 14.3 Å². The van der Waals surface area contributed by atoms with E-state index in [2.05, 4.69) is 17.2 Å². The molecule has 0 aliphatic heterocycles. The number of aliphatic hydroxyl groups excluding tert-OH is 1. The largest absolute Gasteiger partial charge is 0.384 e. The van der Waals surface area contributed by atoms with Crippen molar-refractivity contribution >= 4 is 5.91 Å². The van der Waals surface area contributed by atoms with Gasteiger partial charge in [-0.3, -0.25) is 4.79 Å². The zero-order valence-electron chi connectivity index (χ0n) is 10.5. The van der Waals surface area contributed by atoms with Crippen LogP contribution in [0.1, 0.15) is 29.8 Å². The number of benzene rings is 1. The van der Waals surface area contributed by atoms with E-state index in [1.165, 1.54) is 12.1 Å². The van der Waals surface area contributed by atoms with Gasteiger partial charge < -0.3 is 10.4 Å². The fraction of sp³-hybridized carbons (Fsp3) is 0.357. The van der Waals surface area contributed by atoms with Crippen molar-refractivity contribution in [2.24, 2.45) is 5.92 Å². The van der Waals surface area contributed by atoms with Crippen LogP contribution in [0, 0.1) is 23.6 Å². The van der Waals surface area contributed by atoms with Gasteiger partial charge in [-0.1, -0.05) is 25.7 Å². The molecular formula is C14H16FNO2. The summed E-state index contributed by atoms with van der Waals surface area (Å²) in [6, 6.07) is 3.82. The molecule has 0 bridgehead atoms. The van der Waals surface area contributed by atoms with Crippen LogP contribution in [0.4, 0.5) is 4.39 Å². The summed E-state index contributed by atoms with van der Waals surface area (Å²) in [5, 5.41) is 11.3. The lowest BCUT2D eigenvalue weighted by molar-refractivity contribution is 0.0948. The molecule has 1 amide bonds. The standard InChI is InChI=1S/C14H16FNO2/c1-10(2)9-16-14(18)13-8-12(15)6-5-11(13)4-3-7-17/h5-6,8,10,17H,7,9H2,1-2H3,(H,16,18). The van der Waals surface area contributed by atoms with Gasteiger partial charge in [0.15, 0.2) is 0 Å². The normalized spacial score (nSPS) is 9.83. The molecule has 0 fully saturated rings. The minimum absolute atomic E-state index is 0.191. The van der Waals surface area contributed by atoms with Crippen LogP contribution >= 0.6 is 0 Å². The number of halogens is 1. The number of rotatable bonds is 3. The molecule has 0 aromatic heterocycles. The molecule has 4 heteroatoms. The van der Waals surface area contributed by atoms with Crippen LogP contribution in [0.25, 0.3) is 0 Å². The van der Waals surface area contributed by atoms with E-state index in [1.54, 1.807) is 0 Å². The minimum Gasteiger partial charge on any atom is -0.384 e. The first-order valence-electron chi connectivity index (χ1n) is 5.72. The molecule has 1 aromatic rings. The Morgan fingerprint density at radius 3 is 2.83 bits per heavy atom. The Labute approximate surface area is 106 Å². The molecule has 0 spiro atoms. The molecule has 1 rings (SSSR count). The van der Waals surface area contributed by atoms with Gasteiger partial charge in [-0.05, 0) is 24.1 Å². The SMILES string of the molecule is CC(C)CNC(=O)c1cc(F)ccc1C#CCO. The van der Waals surface area contributed by atoms with Gasteiger partial charge in [0.05, 0.1) is 5.56 Å². The number of amides is 1. The summed E-state index contributed by atoms with van der Waals surface area (Å²) < 4.78 is 13.2. The highest BCUT2D eigenvalue weighted by atomic mass is 19.1. The molecular weight excluding hydrogens is 233 g/mol. The van der Waals surface area contributed by atoms with E-state index in [1.807, 2.05) is 13.8 Å². The van der Waals surface area contributed by atoms with Gasteiger partial charge >= 0.3 is 0 Å². The highest BCUT2D eigenvalue weighted by Gasteiger charge is 2.11. The summed E-state index contributed by atoms with van der Waals surface area (Å²) in [4.78, 5) is 11.9. The molecule has 2 N–H and O–H groups in total. The Morgan fingerprint density at radius 1 is 1.50 bits per heavy atom. The quantitative estimate of drug-likeness (QED) is 0.799. The van der Waals surface area contributed by atoms with Gasteiger partial charge in [0.1, 0.15) is 12.4 Å². The number of aliphatic hydroxyl groups is 1. The highest BCUT2D eigenvalue weighted by Crippen LogP contribution is 2.10. The molecule has 1 aromatic carbocycles. The van der Waals surface area contributed by atoms with Crippen molar-refractivity contribution in [3.63, 3.8) is 0 Å². The van der Waals surface area contributed by atoms with Crippen molar-refractivity contribution in [2.75, 3.05) is 13.2 Å². The Kier molecular flexibility index (Phi) is 5.34. The van der Waals surface area contributed by atoms with E-state index in [0.29, 0.717) is 18.0 Å². The molecule has 3 nitrogen and oxygen atoms in total. The fourth-order valence-electron chi connectivity index (χ4n) is 1.34. The summed E-state index contributed by atoms with van der Waals surface area (Å²) in [5.74, 6) is 4.55. The van der Waals surface area contributed by atoms with Gasteiger partial charge in [0, 0.05) is 12.1 Å². The monoisotopic (exact) mass is 249 g/mol. The molecule has 0 saturated carbocycles. The molecule has 0 radical (unpaired) electrons. The van der Waals surface area contributed by atoms with Crippen LogP contribution in [0.15, 0.2) is 18.2 Å². The van der Waals surface area contributed by atoms with Crippen molar-refractivity contribution in [2.45, 2.75) is 13.8 Å². The second kappa shape index (κ2) is 6.77.